The predicted molar refractivity (Wildman–Crippen MR) is 79.0 cm³/mol. The van der Waals surface area contributed by atoms with Crippen molar-refractivity contribution in [3.63, 3.8) is 0 Å². The van der Waals surface area contributed by atoms with Crippen molar-refractivity contribution >= 4 is 15.9 Å². The standard InChI is InChI=1S/C14H9BrN4O/c15-11-12(9-4-2-1-3-5-9)18-13(19-14(11)20)10-6-7-16-8-17-10/h1-8H,(H,18,19,20). The number of hydrogen-bond acceptors (Lipinski definition) is 4. The minimum absolute atomic E-state index is 0.243. The van der Waals surface area contributed by atoms with E-state index in [2.05, 4.69) is 35.9 Å². The largest absolute Gasteiger partial charge is 0.304 e. The van der Waals surface area contributed by atoms with Gasteiger partial charge in [0.05, 0.1) is 5.69 Å². The smallest absolute Gasteiger partial charge is 0.266 e. The zero-order chi connectivity index (χ0) is 13.9. The molecule has 0 saturated heterocycles. The quantitative estimate of drug-likeness (QED) is 0.785. The van der Waals surface area contributed by atoms with Gasteiger partial charge in [0.25, 0.3) is 5.56 Å². The SMILES string of the molecule is O=c1[nH]c(-c2ccncn2)nc(-c2ccccc2)c1Br. The van der Waals surface area contributed by atoms with Gasteiger partial charge in [-0.05, 0) is 22.0 Å². The molecule has 0 bridgehead atoms. The van der Waals surface area contributed by atoms with E-state index in [1.807, 2.05) is 30.3 Å². The molecular weight excluding hydrogens is 320 g/mol. The van der Waals surface area contributed by atoms with Crippen LogP contribution in [0.25, 0.3) is 22.8 Å². The predicted octanol–water partition coefficient (Wildman–Crippen LogP) is 2.66. The molecule has 0 fully saturated rings. The highest BCUT2D eigenvalue weighted by Gasteiger charge is 2.12. The first-order valence-electron chi connectivity index (χ1n) is 5.87. The highest BCUT2D eigenvalue weighted by Crippen LogP contribution is 2.24. The van der Waals surface area contributed by atoms with Gasteiger partial charge >= 0.3 is 0 Å². The average molecular weight is 329 g/mol. The summed E-state index contributed by atoms with van der Waals surface area (Å²) in [7, 11) is 0. The van der Waals surface area contributed by atoms with E-state index in [1.54, 1.807) is 12.3 Å². The fourth-order valence-electron chi connectivity index (χ4n) is 1.80. The summed E-state index contributed by atoms with van der Waals surface area (Å²) in [5, 5.41) is 0. The van der Waals surface area contributed by atoms with Crippen LogP contribution in [0.1, 0.15) is 0 Å². The summed E-state index contributed by atoms with van der Waals surface area (Å²) in [6.45, 7) is 0. The van der Waals surface area contributed by atoms with E-state index in [-0.39, 0.29) is 5.56 Å². The van der Waals surface area contributed by atoms with Crippen molar-refractivity contribution in [1.29, 1.82) is 0 Å². The molecule has 0 aliphatic rings. The zero-order valence-corrected chi connectivity index (χ0v) is 11.8. The first-order valence-corrected chi connectivity index (χ1v) is 6.66. The Bertz CT molecular complexity index is 787. The Labute approximate surface area is 122 Å². The van der Waals surface area contributed by atoms with E-state index in [1.165, 1.54) is 6.33 Å². The van der Waals surface area contributed by atoms with Gasteiger partial charge in [0, 0.05) is 11.8 Å². The second kappa shape index (κ2) is 5.34. The van der Waals surface area contributed by atoms with Crippen molar-refractivity contribution in [3.05, 3.63) is 63.7 Å². The molecule has 98 valence electrons. The number of rotatable bonds is 2. The zero-order valence-electron chi connectivity index (χ0n) is 10.2. The van der Waals surface area contributed by atoms with Gasteiger partial charge < -0.3 is 4.98 Å². The van der Waals surface area contributed by atoms with E-state index in [0.717, 1.165) is 5.56 Å². The maximum absolute atomic E-state index is 12.0. The molecule has 2 aromatic heterocycles. The monoisotopic (exact) mass is 328 g/mol. The summed E-state index contributed by atoms with van der Waals surface area (Å²) >= 11 is 3.28. The van der Waals surface area contributed by atoms with E-state index in [0.29, 0.717) is 21.7 Å². The Hall–Kier alpha value is -2.34. The lowest BCUT2D eigenvalue weighted by Crippen LogP contribution is -2.12. The molecular formula is C14H9BrN4O. The third-order valence-corrected chi connectivity index (χ3v) is 3.47. The molecule has 0 radical (unpaired) electrons. The molecule has 0 unspecified atom stereocenters. The van der Waals surface area contributed by atoms with Crippen molar-refractivity contribution < 1.29 is 0 Å². The molecule has 1 N–H and O–H groups in total. The van der Waals surface area contributed by atoms with Gasteiger partial charge in [-0.2, -0.15) is 0 Å². The van der Waals surface area contributed by atoms with Crippen LogP contribution < -0.4 is 5.56 Å². The maximum atomic E-state index is 12.0. The lowest BCUT2D eigenvalue weighted by molar-refractivity contribution is 1.07. The lowest BCUT2D eigenvalue weighted by atomic mass is 10.1. The number of H-pyrrole nitrogens is 1. The molecule has 3 rings (SSSR count). The molecule has 0 saturated carbocycles. The van der Waals surface area contributed by atoms with Gasteiger partial charge in [-0.25, -0.2) is 15.0 Å². The summed E-state index contributed by atoms with van der Waals surface area (Å²) in [4.78, 5) is 27.1. The summed E-state index contributed by atoms with van der Waals surface area (Å²) in [6, 6.07) is 11.2. The number of aromatic nitrogens is 4. The molecule has 20 heavy (non-hydrogen) atoms. The highest BCUT2D eigenvalue weighted by molar-refractivity contribution is 9.10. The number of nitrogens with zero attached hydrogens (tertiary/aromatic N) is 3. The lowest BCUT2D eigenvalue weighted by Gasteiger charge is -2.06. The Kier molecular flexibility index (Phi) is 3.39. The van der Waals surface area contributed by atoms with Gasteiger partial charge in [0.15, 0.2) is 5.82 Å². The molecule has 3 aromatic rings. The number of halogens is 1. The summed E-state index contributed by atoms with van der Waals surface area (Å²) in [5.41, 5.74) is 1.78. The molecule has 6 heteroatoms. The maximum Gasteiger partial charge on any atom is 0.266 e. The van der Waals surface area contributed by atoms with E-state index in [4.69, 9.17) is 0 Å². The van der Waals surface area contributed by atoms with Crippen LogP contribution in [0.15, 0.2) is 58.2 Å². The molecule has 0 atom stereocenters. The van der Waals surface area contributed by atoms with Gasteiger partial charge in [-0.3, -0.25) is 4.79 Å². The van der Waals surface area contributed by atoms with Crippen LogP contribution in [0.5, 0.6) is 0 Å². The fourth-order valence-corrected chi connectivity index (χ4v) is 2.21. The molecule has 0 aliphatic heterocycles. The van der Waals surface area contributed by atoms with E-state index in [9.17, 15) is 4.79 Å². The second-order valence-corrected chi connectivity index (χ2v) is 4.83. The topological polar surface area (TPSA) is 71.5 Å². The van der Waals surface area contributed by atoms with E-state index >= 15 is 0 Å². The molecule has 0 spiro atoms. The fraction of sp³-hybridized carbons (Fsp3) is 0. The second-order valence-electron chi connectivity index (χ2n) is 4.04. The molecule has 5 nitrogen and oxygen atoms in total. The molecule has 1 aromatic carbocycles. The Morgan fingerprint density at radius 1 is 1.10 bits per heavy atom. The van der Waals surface area contributed by atoms with Crippen molar-refractivity contribution in [3.8, 4) is 22.8 Å². The number of hydrogen-bond donors (Lipinski definition) is 1. The Morgan fingerprint density at radius 2 is 1.90 bits per heavy atom. The van der Waals surface area contributed by atoms with E-state index < -0.39 is 0 Å². The third kappa shape index (κ3) is 2.37. The van der Waals surface area contributed by atoms with Crippen LogP contribution >= 0.6 is 15.9 Å². The Morgan fingerprint density at radius 3 is 2.60 bits per heavy atom. The van der Waals surface area contributed by atoms with Crippen molar-refractivity contribution in [2.24, 2.45) is 0 Å². The molecule has 2 heterocycles. The first kappa shape index (κ1) is 12.7. The minimum atomic E-state index is -0.243. The van der Waals surface area contributed by atoms with Crippen LogP contribution in [0, 0.1) is 0 Å². The normalized spacial score (nSPS) is 10.4. The van der Waals surface area contributed by atoms with Gasteiger partial charge in [-0.1, -0.05) is 30.3 Å². The summed E-state index contributed by atoms with van der Waals surface area (Å²) < 4.78 is 0.404. The summed E-state index contributed by atoms with van der Waals surface area (Å²) in [6.07, 6.45) is 3.02. The molecule has 0 amide bonds. The van der Waals surface area contributed by atoms with Crippen molar-refractivity contribution in [1.82, 2.24) is 19.9 Å². The van der Waals surface area contributed by atoms with Crippen molar-refractivity contribution in [2.45, 2.75) is 0 Å². The van der Waals surface area contributed by atoms with Crippen LogP contribution in [0.3, 0.4) is 0 Å². The van der Waals surface area contributed by atoms with Crippen LogP contribution in [-0.4, -0.2) is 19.9 Å². The number of nitrogens with one attached hydrogen (secondary N) is 1. The van der Waals surface area contributed by atoms with Crippen molar-refractivity contribution in [2.75, 3.05) is 0 Å². The summed E-state index contributed by atoms with van der Waals surface area (Å²) in [5.74, 6) is 0.416. The minimum Gasteiger partial charge on any atom is -0.304 e. The van der Waals surface area contributed by atoms with Gasteiger partial charge in [0.2, 0.25) is 0 Å². The third-order valence-electron chi connectivity index (χ3n) is 2.73. The van der Waals surface area contributed by atoms with Gasteiger partial charge in [0.1, 0.15) is 16.5 Å². The first-order chi connectivity index (χ1) is 9.75. The molecule has 0 aliphatic carbocycles. The number of benzene rings is 1. The van der Waals surface area contributed by atoms with Crippen LogP contribution in [0.2, 0.25) is 0 Å². The van der Waals surface area contributed by atoms with Gasteiger partial charge in [-0.15, -0.1) is 0 Å². The van der Waals surface area contributed by atoms with Crippen LogP contribution in [-0.2, 0) is 0 Å². The average Bonchev–Trinajstić information content (AvgIpc) is 2.51. The van der Waals surface area contributed by atoms with Crippen LogP contribution in [0.4, 0.5) is 0 Å². The Balaban J connectivity index is 2.22. The highest BCUT2D eigenvalue weighted by atomic mass is 79.9. The number of aromatic amines is 1.